The highest BCUT2D eigenvalue weighted by Crippen LogP contribution is 2.21. The predicted octanol–water partition coefficient (Wildman–Crippen LogP) is 2.93. The lowest BCUT2D eigenvalue weighted by Crippen LogP contribution is -2.11. The van der Waals surface area contributed by atoms with Crippen molar-refractivity contribution in [1.29, 1.82) is 5.41 Å². The van der Waals surface area contributed by atoms with Gasteiger partial charge in [-0.25, -0.2) is 8.42 Å². The number of hydrogen-bond acceptors (Lipinski definition) is 5. The maximum atomic E-state index is 12.1. The van der Waals surface area contributed by atoms with Crippen LogP contribution in [0.25, 0.3) is 11.1 Å². The average Bonchev–Trinajstić information content (AvgIpc) is 2.61. The van der Waals surface area contributed by atoms with Gasteiger partial charge >= 0.3 is 5.97 Å². The van der Waals surface area contributed by atoms with Gasteiger partial charge in [0.15, 0.2) is 9.84 Å². The highest BCUT2D eigenvalue weighted by Gasteiger charge is 2.13. The van der Waals surface area contributed by atoms with Crippen LogP contribution in [0.1, 0.15) is 24.0 Å². The normalized spacial score (nSPS) is 10.7. The molecule has 0 fully saturated rings. The van der Waals surface area contributed by atoms with Crippen molar-refractivity contribution in [3.8, 4) is 11.1 Å². The Morgan fingerprint density at radius 2 is 1.56 bits per heavy atom. The fourth-order valence-corrected chi connectivity index (χ4v) is 3.93. The lowest BCUT2D eigenvalue weighted by atomic mass is 10.0. The molecule has 0 saturated carbocycles. The molecule has 0 aliphatic heterocycles. The topological polar surface area (TPSA) is 110 Å². The van der Waals surface area contributed by atoms with Gasteiger partial charge in [-0.15, -0.1) is 12.4 Å². The Balaban J connectivity index is 0.00000364. The number of hydrogen-bond donors (Lipinski definition) is 2. The first-order chi connectivity index (χ1) is 12.3. The molecule has 0 atom stereocenters. The molecule has 0 saturated heterocycles. The quantitative estimate of drug-likeness (QED) is 0.395. The van der Waals surface area contributed by atoms with Gasteiger partial charge in [-0.3, -0.25) is 10.2 Å². The highest BCUT2D eigenvalue weighted by atomic mass is 35.5. The fraction of sp³-hybridized carbons (Fsp3) is 0.263. The van der Waals surface area contributed by atoms with E-state index in [0.717, 1.165) is 11.1 Å². The van der Waals surface area contributed by atoms with Crippen molar-refractivity contribution in [2.45, 2.75) is 18.6 Å². The van der Waals surface area contributed by atoms with Crippen LogP contribution in [-0.2, 0) is 25.1 Å². The first kappa shape index (κ1) is 22.7. The summed E-state index contributed by atoms with van der Waals surface area (Å²) in [5, 5.41) is 7.40. The Labute approximate surface area is 165 Å². The number of methoxy groups -OCH3 is 1. The summed E-state index contributed by atoms with van der Waals surface area (Å²) in [6.45, 7) is 0. The number of sulfone groups is 1. The van der Waals surface area contributed by atoms with Gasteiger partial charge in [0.1, 0.15) is 5.84 Å². The summed E-state index contributed by atoms with van der Waals surface area (Å²) in [4.78, 5) is 11.1. The van der Waals surface area contributed by atoms with Crippen molar-refractivity contribution in [2.24, 2.45) is 5.73 Å². The molecule has 0 aliphatic carbocycles. The average molecular weight is 411 g/mol. The van der Waals surface area contributed by atoms with E-state index in [4.69, 9.17) is 11.1 Å². The maximum Gasteiger partial charge on any atom is 0.305 e. The highest BCUT2D eigenvalue weighted by molar-refractivity contribution is 7.90. The number of benzene rings is 2. The molecule has 6 nitrogen and oxygen atoms in total. The minimum atomic E-state index is -3.28. The minimum absolute atomic E-state index is 0. The van der Waals surface area contributed by atoms with Crippen LogP contribution >= 0.6 is 12.4 Å². The van der Waals surface area contributed by atoms with E-state index in [-0.39, 0.29) is 42.6 Å². The predicted molar refractivity (Wildman–Crippen MR) is 109 cm³/mol. The molecule has 2 aromatic rings. The van der Waals surface area contributed by atoms with E-state index in [9.17, 15) is 13.2 Å². The number of nitrogens with two attached hydrogens (primary N) is 1. The Kier molecular flexibility index (Phi) is 8.46. The second kappa shape index (κ2) is 10.1. The van der Waals surface area contributed by atoms with Crippen LogP contribution in [0.15, 0.2) is 48.5 Å². The molecule has 0 heterocycles. The number of nitrogens with one attached hydrogen (secondary N) is 1. The Hall–Kier alpha value is -2.38. The number of ether oxygens (including phenoxy) is 1. The summed E-state index contributed by atoms with van der Waals surface area (Å²) in [5.41, 5.74) is 8.71. The molecule has 8 heteroatoms. The monoisotopic (exact) mass is 410 g/mol. The van der Waals surface area contributed by atoms with Crippen molar-refractivity contribution in [3.05, 3.63) is 59.7 Å². The Bertz CT molecular complexity index is 879. The van der Waals surface area contributed by atoms with Gasteiger partial charge in [0.25, 0.3) is 0 Å². The van der Waals surface area contributed by atoms with Crippen LogP contribution < -0.4 is 5.73 Å². The molecule has 27 heavy (non-hydrogen) atoms. The van der Waals surface area contributed by atoms with Crippen molar-refractivity contribution >= 4 is 34.0 Å². The molecule has 2 rings (SSSR count). The second-order valence-corrected chi connectivity index (χ2v) is 8.14. The van der Waals surface area contributed by atoms with Crippen LogP contribution in [0, 0.1) is 5.41 Å². The number of rotatable bonds is 8. The zero-order valence-corrected chi connectivity index (χ0v) is 16.6. The van der Waals surface area contributed by atoms with Crippen molar-refractivity contribution in [3.63, 3.8) is 0 Å². The third-order valence-corrected chi connectivity index (χ3v) is 5.62. The number of nitrogen functional groups attached to an aromatic ring is 1. The van der Waals surface area contributed by atoms with Gasteiger partial charge in [-0.1, -0.05) is 48.5 Å². The van der Waals surface area contributed by atoms with Gasteiger partial charge in [0, 0.05) is 12.0 Å². The van der Waals surface area contributed by atoms with E-state index in [1.165, 1.54) is 7.11 Å². The van der Waals surface area contributed by atoms with Crippen molar-refractivity contribution in [2.75, 3.05) is 12.9 Å². The first-order valence-electron chi connectivity index (χ1n) is 8.12. The van der Waals surface area contributed by atoms with Gasteiger partial charge in [-0.2, -0.15) is 0 Å². The molecule has 0 radical (unpaired) electrons. The molecule has 3 N–H and O–H groups in total. The molecular formula is C19H23ClN2O4S. The zero-order valence-electron chi connectivity index (χ0n) is 15.0. The number of carbonyl (C=O) groups excluding carboxylic acids is 1. The molecule has 0 amide bonds. The molecule has 0 unspecified atom stereocenters. The second-order valence-electron chi connectivity index (χ2n) is 5.96. The summed E-state index contributed by atoms with van der Waals surface area (Å²) in [6.07, 6.45) is 0.362. The summed E-state index contributed by atoms with van der Waals surface area (Å²) >= 11 is 0. The fourth-order valence-electron chi connectivity index (χ4n) is 2.50. The molecule has 0 bridgehead atoms. The number of carbonyl (C=O) groups is 1. The molecule has 0 aromatic heterocycles. The number of amidine groups is 1. The third-order valence-electron chi connectivity index (χ3n) is 3.93. The van der Waals surface area contributed by atoms with Crippen molar-refractivity contribution < 1.29 is 17.9 Å². The molecule has 0 spiro atoms. The Morgan fingerprint density at radius 1 is 1.04 bits per heavy atom. The minimum Gasteiger partial charge on any atom is -0.469 e. The standard InChI is InChI=1S/C19H22N2O4S.ClH/c1-25-18(22)3-2-12-26(23,24)13-14-4-6-15(7-5-14)16-8-10-17(11-9-16)19(20)21;/h4-11H,2-3,12-13H2,1H3,(H3,20,21);1H. The van der Waals surface area contributed by atoms with Gasteiger partial charge < -0.3 is 10.5 Å². The van der Waals surface area contributed by atoms with Crippen LogP contribution in [0.3, 0.4) is 0 Å². The van der Waals surface area contributed by atoms with Crippen LogP contribution in [0.2, 0.25) is 0 Å². The third kappa shape index (κ3) is 7.03. The summed E-state index contributed by atoms with van der Waals surface area (Å²) in [5.74, 6) is -0.488. The number of halogens is 1. The van der Waals surface area contributed by atoms with E-state index in [1.807, 2.05) is 24.3 Å². The zero-order chi connectivity index (χ0) is 19.2. The van der Waals surface area contributed by atoms with E-state index >= 15 is 0 Å². The van der Waals surface area contributed by atoms with E-state index < -0.39 is 15.8 Å². The molecule has 146 valence electrons. The van der Waals surface area contributed by atoms with Crippen molar-refractivity contribution in [1.82, 2.24) is 0 Å². The smallest absolute Gasteiger partial charge is 0.305 e. The molecule has 0 aliphatic rings. The first-order valence-corrected chi connectivity index (χ1v) is 9.94. The van der Waals surface area contributed by atoms with E-state index in [0.29, 0.717) is 11.1 Å². The van der Waals surface area contributed by atoms with E-state index in [2.05, 4.69) is 4.74 Å². The molecule has 2 aromatic carbocycles. The van der Waals surface area contributed by atoms with Gasteiger partial charge in [0.05, 0.1) is 18.6 Å². The lowest BCUT2D eigenvalue weighted by Gasteiger charge is -2.07. The molecular weight excluding hydrogens is 388 g/mol. The maximum absolute atomic E-state index is 12.1. The summed E-state index contributed by atoms with van der Waals surface area (Å²) < 4.78 is 28.8. The van der Waals surface area contributed by atoms with Crippen LogP contribution in [-0.4, -0.2) is 33.1 Å². The largest absolute Gasteiger partial charge is 0.469 e. The van der Waals surface area contributed by atoms with Crippen LogP contribution in [0.4, 0.5) is 0 Å². The Morgan fingerprint density at radius 3 is 2.04 bits per heavy atom. The SMILES string of the molecule is COC(=O)CCCS(=O)(=O)Cc1ccc(-c2ccc(C(=N)N)cc2)cc1.Cl. The van der Waals surface area contributed by atoms with Gasteiger partial charge in [-0.05, 0) is 23.1 Å². The summed E-state index contributed by atoms with van der Waals surface area (Å²) in [7, 11) is -1.99. The van der Waals surface area contributed by atoms with Crippen LogP contribution in [0.5, 0.6) is 0 Å². The summed E-state index contributed by atoms with van der Waals surface area (Å²) in [6, 6.07) is 14.6. The van der Waals surface area contributed by atoms with E-state index in [1.54, 1.807) is 24.3 Å². The lowest BCUT2D eigenvalue weighted by molar-refractivity contribution is -0.140. The van der Waals surface area contributed by atoms with Gasteiger partial charge in [0.2, 0.25) is 0 Å². The number of esters is 1.